The lowest BCUT2D eigenvalue weighted by Crippen LogP contribution is -2.37. The van der Waals surface area contributed by atoms with E-state index in [0.29, 0.717) is 0 Å². The Labute approximate surface area is 260 Å². The molecule has 0 saturated carbocycles. The van der Waals surface area contributed by atoms with Gasteiger partial charge in [0.1, 0.15) is 24.4 Å². The van der Waals surface area contributed by atoms with Crippen LogP contribution in [-0.2, 0) is 36.7 Å². The Hall–Kier alpha value is -3.21. The summed E-state index contributed by atoms with van der Waals surface area (Å²) in [6.45, 7) is -5.83. The van der Waals surface area contributed by atoms with E-state index in [1.807, 2.05) is 0 Å². The van der Waals surface area contributed by atoms with Crippen LogP contribution in [0.1, 0.15) is 12.5 Å². The minimum absolute atomic E-state index is 0.118. The molecule has 0 spiro atoms. The molecule has 26 heteroatoms. The van der Waals surface area contributed by atoms with Gasteiger partial charge in [0.05, 0.1) is 25.9 Å². The van der Waals surface area contributed by atoms with E-state index in [-0.39, 0.29) is 34.2 Å². The molecule has 7 heterocycles. The average Bonchev–Trinajstić information content (AvgIpc) is 3.72. The first-order chi connectivity index (χ1) is 21.7. The summed E-state index contributed by atoms with van der Waals surface area (Å²) in [7, 11) is -3.13. The van der Waals surface area contributed by atoms with Gasteiger partial charge in [0.2, 0.25) is 11.9 Å². The van der Waals surface area contributed by atoms with Gasteiger partial charge in [-0.25, -0.2) is 23.3 Å². The van der Waals surface area contributed by atoms with Crippen molar-refractivity contribution in [3.8, 4) is 0 Å². The maximum atomic E-state index is 16.0. The molecule has 0 bridgehead atoms. The van der Waals surface area contributed by atoms with Crippen LogP contribution < -0.4 is 22.6 Å². The Bertz CT molecular complexity index is 1920. The van der Waals surface area contributed by atoms with E-state index in [0.717, 1.165) is 29.4 Å². The molecule has 7 rings (SSSR count). The molecule has 3 aliphatic rings. The van der Waals surface area contributed by atoms with Crippen LogP contribution >= 0.6 is 26.5 Å². The number of alkyl halides is 2. The molecule has 6 unspecified atom stereocenters. The van der Waals surface area contributed by atoms with Crippen LogP contribution in [0.2, 0.25) is 0 Å². The second-order valence-corrected chi connectivity index (χ2v) is 15.4. The average molecular weight is 706 g/mol. The molecule has 6 N–H and O–H groups in total. The lowest BCUT2D eigenvalue weighted by atomic mass is 10.1. The fourth-order valence-electron chi connectivity index (χ4n) is 5.43. The highest BCUT2D eigenvalue weighted by molar-refractivity contribution is 8.44. The normalized spacial score (nSPS) is 37.1. The molecule has 3 fully saturated rings. The summed E-state index contributed by atoms with van der Waals surface area (Å²) in [4.78, 5) is 44.8. The number of nitrogens with two attached hydrogens (primary N) is 2. The predicted octanol–water partition coefficient (Wildman–Crippen LogP) is -0.516. The number of hydrogen-bond acceptors (Lipinski definition) is 16. The number of hydrogen-bond donors (Lipinski definition) is 5. The van der Waals surface area contributed by atoms with Crippen molar-refractivity contribution in [2.24, 2.45) is 0 Å². The Morgan fingerprint density at radius 3 is 1.80 bits per heavy atom. The number of nitrogens with one attached hydrogen (secondary N) is 2. The van der Waals surface area contributed by atoms with E-state index in [9.17, 15) is 18.7 Å². The number of nitrogen functional groups attached to an aromatic ring is 2. The highest BCUT2D eigenvalue weighted by Gasteiger charge is 2.54. The standard InChI is InChI=1S/C20H23BF2N10O10P2S/c21-44(36)38-1-5-12(8(23)18(40-5)33-4-27-10-14(33)29-20(25)31-16(10)35)43-45(37,46)39-2-6-11(42-44)7(22)17(41-6)32-3-26-9-13(32)28-19(24)30-15(9)34/h3-8,11-12,17-18H,1-2,21H2,(H,37,46)(H3,24,28,30,34)(H3,25,29,31,35)/t5-,6-,7?,8?,11?,12?,17-,18-,44?,45?/m1/s1. The number of rotatable bonds is 2. The van der Waals surface area contributed by atoms with Crippen LogP contribution in [0.3, 0.4) is 0 Å². The molecular formula is C20H23BF2N10O10P2S. The molecule has 0 aromatic carbocycles. The van der Waals surface area contributed by atoms with Crippen molar-refractivity contribution in [2.75, 3.05) is 24.7 Å². The van der Waals surface area contributed by atoms with Crippen molar-refractivity contribution >= 4 is 68.3 Å². The Kier molecular flexibility index (Phi) is 7.65. The van der Waals surface area contributed by atoms with Crippen molar-refractivity contribution in [1.82, 2.24) is 39.0 Å². The fraction of sp³-hybridized carbons (Fsp3) is 0.500. The lowest BCUT2D eigenvalue weighted by molar-refractivity contribution is -0.0546. The van der Waals surface area contributed by atoms with E-state index in [4.69, 9.17) is 39.0 Å². The predicted molar refractivity (Wildman–Crippen MR) is 157 cm³/mol. The molecule has 0 radical (unpaired) electrons. The maximum Gasteiger partial charge on any atom is 0.386 e. The van der Waals surface area contributed by atoms with Gasteiger partial charge in [-0.15, -0.1) is 0 Å². The number of nitrogens with zero attached hydrogens (tertiary/aromatic N) is 6. The van der Waals surface area contributed by atoms with Gasteiger partial charge in [-0.3, -0.25) is 42.3 Å². The first-order valence-electron chi connectivity index (χ1n) is 13.3. The van der Waals surface area contributed by atoms with E-state index < -0.39 is 87.8 Å². The second kappa shape index (κ2) is 11.2. The molecule has 4 aromatic heterocycles. The number of fused-ring (bicyclic) bond motifs is 4. The number of imidazole rings is 2. The van der Waals surface area contributed by atoms with Crippen molar-refractivity contribution < 1.29 is 45.5 Å². The summed E-state index contributed by atoms with van der Waals surface area (Å²) >= 11 is 3.96. The number of halogens is 2. The summed E-state index contributed by atoms with van der Waals surface area (Å²) in [6, 6.07) is 0. The largest absolute Gasteiger partial charge is 0.386 e. The second-order valence-electron chi connectivity index (χ2n) is 10.5. The number of aromatic amines is 2. The highest BCUT2D eigenvalue weighted by atomic mass is 32.7. The third kappa shape index (κ3) is 5.46. The zero-order chi connectivity index (χ0) is 32.7. The van der Waals surface area contributed by atoms with Gasteiger partial charge in [-0.2, -0.15) is 9.97 Å². The lowest BCUT2D eigenvalue weighted by Gasteiger charge is -2.29. The molecular weight excluding hydrogens is 683 g/mol. The van der Waals surface area contributed by atoms with Crippen LogP contribution in [0.15, 0.2) is 22.2 Å². The molecule has 20 nitrogen and oxygen atoms in total. The van der Waals surface area contributed by atoms with E-state index in [1.54, 1.807) is 0 Å². The number of thiol groups is 1. The van der Waals surface area contributed by atoms with Crippen LogP contribution in [0, 0.1) is 0 Å². The van der Waals surface area contributed by atoms with Crippen molar-refractivity contribution in [2.45, 2.75) is 49.2 Å². The van der Waals surface area contributed by atoms with Crippen LogP contribution in [0.4, 0.5) is 20.7 Å². The Morgan fingerprint density at radius 1 is 0.848 bits per heavy atom. The van der Waals surface area contributed by atoms with E-state index in [1.165, 1.54) is 0 Å². The minimum Gasteiger partial charge on any atom is -0.369 e. The first-order valence-corrected chi connectivity index (χ1v) is 18.0. The fourth-order valence-corrected chi connectivity index (χ4v) is 8.08. The molecule has 0 amide bonds. The minimum atomic E-state index is -4.46. The van der Waals surface area contributed by atoms with E-state index in [2.05, 4.69) is 42.2 Å². The monoisotopic (exact) mass is 706 g/mol. The molecule has 46 heavy (non-hydrogen) atoms. The van der Waals surface area contributed by atoms with Gasteiger partial charge >= 0.3 is 6.80 Å². The summed E-state index contributed by atoms with van der Waals surface area (Å²) < 4.78 is 94.5. The zero-order valence-corrected chi connectivity index (χ0v) is 25.9. The summed E-state index contributed by atoms with van der Waals surface area (Å²) in [5, 5.41) is 0. The van der Waals surface area contributed by atoms with Gasteiger partial charge in [-0.1, -0.05) is 12.2 Å². The van der Waals surface area contributed by atoms with Gasteiger partial charge in [-0.05, 0) is 0 Å². The third-order valence-electron chi connectivity index (χ3n) is 7.43. The maximum absolute atomic E-state index is 16.0. The Balaban J connectivity index is 1.18. The molecule has 10 atom stereocenters. The molecule has 3 aliphatic heterocycles. The Morgan fingerprint density at radius 2 is 1.30 bits per heavy atom. The number of ether oxygens (including phenoxy) is 2. The summed E-state index contributed by atoms with van der Waals surface area (Å²) in [5.74, 6) is -0.540. The third-order valence-corrected chi connectivity index (χ3v) is 10.3. The van der Waals surface area contributed by atoms with Crippen molar-refractivity contribution in [3.63, 3.8) is 0 Å². The summed E-state index contributed by atoms with van der Waals surface area (Å²) in [5.41, 5.74) is 9.34. The van der Waals surface area contributed by atoms with Gasteiger partial charge in [0.25, 0.3) is 26.2 Å². The zero-order valence-electron chi connectivity index (χ0n) is 23.2. The van der Waals surface area contributed by atoms with Gasteiger partial charge < -0.3 is 30.0 Å². The first kappa shape index (κ1) is 31.4. The van der Waals surface area contributed by atoms with Crippen molar-refractivity contribution in [1.29, 1.82) is 0 Å². The van der Waals surface area contributed by atoms with Gasteiger partial charge in [0, 0.05) is 0 Å². The molecule has 246 valence electrons. The van der Waals surface area contributed by atoms with Crippen LogP contribution in [0.5, 0.6) is 0 Å². The van der Waals surface area contributed by atoms with Crippen molar-refractivity contribution in [3.05, 3.63) is 33.4 Å². The molecule has 4 aromatic rings. The number of aromatic nitrogens is 8. The SMILES string of the molecule is BP1(=O)OC[C@H]2O[C@@H](n3cnc4c(=O)[nH]c(N)nc43)C(F)C2OP(=O)(S)OC[C@H]2O[C@@H](n3cnc4c(=O)[nH]c(N)nc43)C(F)C2O1. The van der Waals surface area contributed by atoms with Crippen LogP contribution in [-0.4, -0.2) is 96.6 Å². The quantitative estimate of drug-likeness (QED) is 0.0997. The number of H-pyrrole nitrogens is 2. The van der Waals surface area contributed by atoms with Gasteiger partial charge in [0.15, 0.2) is 47.1 Å². The number of anilines is 2. The molecule has 3 saturated heterocycles. The van der Waals surface area contributed by atoms with Crippen LogP contribution in [0.25, 0.3) is 22.3 Å². The smallest absolute Gasteiger partial charge is 0.369 e. The topological polar surface area (TPSA) is 269 Å². The summed E-state index contributed by atoms with van der Waals surface area (Å²) in [6.07, 6.45) is -11.3. The highest BCUT2D eigenvalue weighted by Crippen LogP contribution is 2.58. The molecule has 0 aliphatic carbocycles. The van der Waals surface area contributed by atoms with E-state index >= 15 is 8.78 Å².